The van der Waals surface area contributed by atoms with Crippen molar-refractivity contribution in [2.75, 3.05) is 0 Å². The molecule has 0 fully saturated rings. The van der Waals surface area contributed by atoms with Crippen molar-refractivity contribution in [3.8, 4) is 67.3 Å². The maximum Gasteiger partial charge on any atom is 0.160 e. The summed E-state index contributed by atoms with van der Waals surface area (Å²) in [5.41, 5.74) is 15.3. The molecule has 11 aromatic rings. The minimum Gasteiger partial charge on any atom is -0.228 e. The molecular formula is C57H38N2S. The van der Waals surface area contributed by atoms with Gasteiger partial charge in [-0.1, -0.05) is 184 Å². The van der Waals surface area contributed by atoms with Crippen LogP contribution in [0.3, 0.4) is 0 Å². The Hall–Kier alpha value is -7.20. The SMILES string of the molecule is CC1(C)c2ccc3ccccc3c2-c2cccc(-c3cccc(-c4ccc(-c5cc(-c6cccc7sc8ccccc8c67)nc(-c6ccccc6)n5)c5ccccc45)c3)c21. The van der Waals surface area contributed by atoms with Crippen LogP contribution >= 0.6 is 11.3 Å². The highest BCUT2D eigenvalue weighted by Gasteiger charge is 2.38. The summed E-state index contributed by atoms with van der Waals surface area (Å²) in [5, 5.41) is 7.46. The molecule has 1 aliphatic carbocycles. The van der Waals surface area contributed by atoms with E-state index in [1.165, 1.54) is 80.8 Å². The van der Waals surface area contributed by atoms with Gasteiger partial charge in [0.1, 0.15) is 0 Å². The van der Waals surface area contributed by atoms with Gasteiger partial charge in [0.05, 0.1) is 11.4 Å². The molecule has 0 radical (unpaired) electrons. The number of thiophene rings is 1. The fourth-order valence-corrected chi connectivity index (χ4v) is 11.1. The molecule has 60 heavy (non-hydrogen) atoms. The maximum absolute atomic E-state index is 5.31. The molecule has 0 N–H and O–H groups in total. The first-order valence-corrected chi connectivity index (χ1v) is 21.5. The molecule has 0 unspecified atom stereocenters. The van der Waals surface area contributed by atoms with Crippen LogP contribution in [0.25, 0.3) is 109 Å². The molecule has 2 aromatic heterocycles. The predicted molar refractivity (Wildman–Crippen MR) is 255 cm³/mol. The van der Waals surface area contributed by atoms with Crippen molar-refractivity contribution in [1.29, 1.82) is 0 Å². The van der Waals surface area contributed by atoms with Crippen LogP contribution < -0.4 is 0 Å². The Morgan fingerprint density at radius 2 is 0.983 bits per heavy atom. The average molecular weight is 783 g/mol. The molecule has 1 aliphatic rings. The molecule has 2 nitrogen and oxygen atoms in total. The van der Waals surface area contributed by atoms with Crippen molar-refractivity contribution in [1.82, 2.24) is 9.97 Å². The largest absolute Gasteiger partial charge is 0.228 e. The number of nitrogens with zero attached hydrogens (tertiary/aromatic N) is 2. The quantitative estimate of drug-likeness (QED) is 0.174. The molecule has 9 aromatic carbocycles. The summed E-state index contributed by atoms with van der Waals surface area (Å²) in [6, 6.07) is 70.6. The van der Waals surface area contributed by atoms with Crippen LogP contribution in [0.1, 0.15) is 25.0 Å². The summed E-state index contributed by atoms with van der Waals surface area (Å²) < 4.78 is 2.54. The van der Waals surface area contributed by atoms with Crippen molar-refractivity contribution in [3.05, 3.63) is 205 Å². The number of aromatic nitrogens is 2. The van der Waals surface area contributed by atoms with E-state index in [9.17, 15) is 0 Å². The van der Waals surface area contributed by atoms with Crippen molar-refractivity contribution >= 4 is 53.1 Å². The van der Waals surface area contributed by atoms with Gasteiger partial charge in [-0.2, -0.15) is 0 Å². The van der Waals surface area contributed by atoms with Gasteiger partial charge in [-0.3, -0.25) is 0 Å². The summed E-state index contributed by atoms with van der Waals surface area (Å²) in [6.07, 6.45) is 0. The van der Waals surface area contributed by atoms with Gasteiger partial charge in [0, 0.05) is 42.3 Å². The first kappa shape index (κ1) is 34.8. The number of hydrogen-bond acceptors (Lipinski definition) is 3. The van der Waals surface area contributed by atoms with E-state index in [2.05, 4.69) is 202 Å². The van der Waals surface area contributed by atoms with Crippen molar-refractivity contribution in [3.63, 3.8) is 0 Å². The van der Waals surface area contributed by atoms with E-state index in [0.717, 1.165) is 33.5 Å². The normalized spacial score (nSPS) is 13.0. The maximum atomic E-state index is 5.31. The van der Waals surface area contributed by atoms with Crippen LogP contribution in [0, 0.1) is 0 Å². The number of rotatable bonds is 5. The Morgan fingerprint density at radius 3 is 1.82 bits per heavy atom. The lowest BCUT2D eigenvalue weighted by Gasteiger charge is -2.25. The van der Waals surface area contributed by atoms with Gasteiger partial charge in [-0.25, -0.2) is 9.97 Å². The lowest BCUT2D eigenvalue weighted by Crippen LogP contribution is -2.16. The molecule has 0 saturated heterocycles. The zero-order valence-corrected chi connectivity index (χ0v) is 34.1. The molecule has 0 aliphatic heterocycles. The monoisotopic (exact) mass is 782 g/mol. The molecule has 0 atom stereocenters. The molecule has 3 heteroatoms. The fourth-order valence-electron chi connectivity index (χ4n) is 9.95. The second-order valence-corrected chi connectivity index (χ2v) is 17.5. The van der Waals surface area contributed by atoms with Gasteiger partial charge in [-0.05, 0) is 90.3 Å². The topological polar surface area (TPSA) is 25.8 Å². The fraction of sp³-hybridized carbons (Fsp3) is 0.0526. The molecule has 0 spiro atoms. The van der Waals surface area contributed by atoms with Crippen LogP contribution in [-0.2, 0) is 5.41 Å². The smallest absolute Gasteiger partial charge is 0.160 e. The van der Waals surface area contributed by atoms with Crippen LogP contribution in [0.2, 0.25) is 0 Å². The minimum atomic E-state index is -0.146. The molecule has 12 rings (SSSR count). The zero-order valence-electron chi connectivity index (χ0n) is 33.3. The third-order valence-corrected chi connectivity index (χ3v) is 13.8. The summed E-state index contributed by atoms with van der Waals surface area (Å²) in [4.78, 5) is 10.6. The predicted octanol–water partition coefficient (Wildman–Crippen LogP) is 15.8. The lowest BCUT2D eigenvalue weighted by molar-refractivity contribution is 0.662. The molecule has 282 valence electrons. The highest BCUT2D eigenvalue weighted by atomic mass is 32.1. The molecule has 0 amide bonds. The summed E-state index contributed by atoms with van der Waals surface area (Å²) >= 11 is 1.83. The first-order valence-electron chi connectivity index (χ1n) is 20.7. The van der Waals surface area contributed by atoms with Gasteiger partial charge in [0.25, 0.3) is 0 Å². The second kappa shape index (κ2) is 13.4. The summed E-state index contributed by atoms with van der Waals surface area (Å²) in [6.45, 7) is 4.77. The van der Waals surface area contributed by atoms with Crippen molar-refractivity contribution in [2.24, 2.45) is 0 Å². The standard InChI is InChI=1S/C57H38N2S/c1-57(2)48-32-29-35-15-6-7-20-40(35)53(48)47-26-13-24-41(55(47)57)38-19-12-18-37(33-38)39-30-31-44(43-22-9-8-21-42(39)43)49-34-50(59-56(58-49)36-16-4-3-5-17-36)45-25-14-28-52-54(45)46-23-10-11-27-51(46)60-52/h3-34H,1-2H3. The molecule has 2 heterocycles. The number of benzene rings is 9. The van der Waals surface area contributed by atoms with E-state index < -0.39 is 0 Å². The van der Waals surface area contributed by atoms with Crippen molar-refractivity contribution < 1.29 is 0 Å². The van der Waals surface area contributed by atoms with E-state index in [-0.39, 0.29) is 5.41 Å². The summed E-state index contributed by atoms with van der Waals surface area (Å²) in [5.74, 6) is 0.717. The Bertz CT molecular complexity index is 3520. The van der Waals surface area contributed by atoms with Crippen molar-refractivity contribution in [2.45, 2.75) is 19.3 Å². The van der Waals surface area contributed by atoms with Crippen LogP contribution in [-0.4, -0.2) is 9.97 Å². The molecule has 0 bridgehead atoms. The Morgan fingerprint density at radius 1 is 0.400 bits per heavy atom. The highest BCUT2D eigenvalue weighted by Crippen LogP contribution is 2.54. The lowest BCUT2D eigenvalue weighted by atomic mass is 9.78. The highest BCUT2D eigenvalue weighted by molar-refractivity contribution is 7.25. The summed E-state index contributed by atoms with van der Waals surface area (Å²) in [7, 11) is 0. The van der Waals surface area contributed by atoms with Crippen LogP contribution in [0.4, 0.5) is 0 Å². The number of fused-ring (bicyclic) bond motifs is 9. The van der Waals surface area contributed by atoms with Crippen LogP contribution in [0.15, 0.2) is 194 Å². The van der Waals surface area contributed by atoms with E-state index >= 15 is 0 Å². The van der Waals surface area contributed by atoms with Crippen LogP contribution in [0.5, 0.6) is 0 Å². The van der Waals surface area contributed by atoms with Gasteiger partial charge in [0.2, 0.25) is 0 Å². The Labute approximate surface area is 353 Å². The van der Waals surface area contributed by atoms with Gasteiger partial charge in [0.15, 0.2) is 5.82 Å². The zero-order chi connectivity index (χ0) is 40.0. The van der Waals surface area contributed by atoms with Gasteiger partial charge < -0.3 is 0 Å². The third kappa shape index (κ3) is 5.33. The van der Waals surface area contributed by atoms with E-state index in [1.807, 2.05) is 17.4 Å². The van der Waals surface area contributed by atoms with E-state index in [0.29, 0.717) is 5.82 Å². The second-order valence-electron chi connectivity index (χ2n) is 16.5. The van der Waals surface area contributed by atoms with E-state index in [1.54, 1.807) is 0 Å². The number of hydrogen-bond donors (Lipinski definition) is 0. The third-order valence-electron chi connectivity index (χ3n) is 12.7. The Balaban J connectivity index is 1.01. The molecule has 0 saturated carbocycles. The van der Waals surface area contributed by atoms with E-state index in [4.69, 9.17) is 9.97 Å². The average Bonchev–Trinajstić information content (AvgIpc) is 3.81. The Kier molecular flexibility index (Phi) is 7.79. The first-order chi connectivity index (χ1) is 29.5. The minimum absolute atomic E-state index is 0.146. The molecular weight excluding hydrogens is 745 g/mol. The van der Waals surface area contributed by atoms with Gasteiger partial charge >= 0.3 is 0 Å². The van der Waals surface area contributed by atoms with Gasteiger partial charge in [-0.15, -0.1) is 11.3 Å².